The minimum absolute atomic E-state index is 0.0242. The summed E-state index contributed by atoms with van der Waals surface area (Å²) in [7, 11) is 1.51. The van der Waals surface area contributed by atoms with E-state index in [0.29, 0.717) is 32.7 Å². The number of nitrogens with zero attached hydrogens (tertiary/aromatic N) is 2. The van der Waals surface area contributed by atoms with Crippen molar-refractivity contribution in [2.45, 2.75) is 37.8 Å². The minimum atomic E-state index is -0.252. The van der Waals surface area contributed by atoms with Gasteiger partial charge in [0.2, 0.25) is 5.91 Å². The first kappa shape index (κ1) is 15.7. The van der Waals surface area contributed by atoms with Gasteiger partial charge in [-0.25, -0.2) is 5.06 Å². The van der Waals surface area contributed by atoms with Gasteiger partial charge in [-0.2, -0.15) is 0 Å². The maximum absolute atomic E-state index is 12.6. The van der Waals surface area contributed by atoms with Crippen molar-refractivity contribution in [2.24, 2.45) is 5.92 Å². The van der Waals surface area contributed by atoms with Crippen molar-refractivity contribution in [2.75, 3.05) is 40.0 Å². The second kappa shape index (κ2) is 6.93. The van der Waals surface area contributed by atoms with Crippen molar-refractivity contribution >= 4 is 11.8 Å². The number of methoxy groups -OCH3 is 1. The van der Waals surface area contributed by atoms with E-state index in [1.165, 1.54) is 12.2 Å². The van der Waals surface area contributed by atoms with Crippen LogP contribution >= 0.6 is 0 Å². The fourth-order valence-corrected chi connectivity index (χ4v) is 3.59. The molecular formula is C15H24N2O5. The van der Waals surface area contributed by atoms with Gasteiger partial charge in [-0.3, -0.25) is 14.4 Å². The Kier molecular flexibility index (Phi) is 4.95. The molecular weight excluding hydrogens is 288 g/mol. The Hall–Kier alpha value is -1.18. The highest BCUT2D eigenvalue weighted by molar-refractivity contribution is 5.82. The number of rotatable bonds is 3. The Morgan fingerprint density at radius 3 is 2.86 bits per heavy atom. The Labute approximate surface area is 130 Å². The zero-order valence-corrected chi connectivity index (χ0v) is 13.0. The van der Waals surface area contributed by atoms with Crippen LogP contribution in [0.2, 0.25) is 0 Å². The fourth-order valence-electron chi connectivity index (χ4n) is 3.59. The van der Waals surface area contributed by atoms with Crippen LogP contribution in [-0.4, -0.2) is 73.9 Å². The normalized spacial score (nSPS) is 32.0. The predicted molar refractivity (Wildman–Crippen MR) is 76.7 cm³/mol. The molecule has 0 N–H and O–H groups in total. The second-order valence-electron chi connectivity index (χ2n) is 6.16. The van der Waals surface area contributed by atoms with Gasteiger partial charge in [-0.15, -0.1) is 0 Å². The smallest absolute Gasteiger partial charge is 0.251 e. The topological polar surface area (TPSA) is 68.3 Å². The summed E-state index contributed by atoms with van der Waals surface area (Å²) in [5.41, 5.74) is 0. The lowest BCUT2D eigenvalue weighted by Crippen LogP contribution is -2.56. The molecule has 3 heterocycles. The lowest BCUT2D eigenvalue weighted by molar-refractivity contribution is -0.204. The third-order valence-corrected chi connectivity index (χ3v) is 4.69. The number of likely N-dealkylation sites (tertiary alicyclic amines) is 1. The lowest BCUT2D eigenvalue weighted by atomic mass is 9.89. The summed E-state index contributed by atoms with van der Waals surface area (Å²) in [6.07, 6.45) is 3.41. The largest absolute Gasteiger partial charge is 0.376 e. The molecule has 0 aromatic rings. The van der Waals surface area contributed by atoms with E-state index in [-0.39, 0.29) is 36.5 Å². The van der Waals surface area contributed by atoms with Gasteiger partial charge in [0.25, 0.3) is 5.91 Å². The first-order valence-corrected chi connectivity index (χ1v) is 8.05. The number of carbonyl (C=O) groups is 2. The molecule has 0 saturated carbocycles. The molecule has 0 radical (unpaired) electrons. The number of ether oxygens (including phenoxy) is 2. The molecule has 3 saturated heterocycles. The van der Waals surface area contributed by atoms with E-state index in [4.69, 9.17) is 14.3 Å². The molecule has 3 aliphatic heterocycles. The minimum Gasteiger partial charge on any atom is -0.376 e. The molecule has 124 valence electrons. The van der Waals surface area contributed by atoms with E-state index in [1.54, 1.807) is 4.90 Å². The fraction of sp³-hybridized carbons (Fsp3) is 0.867. The summed E-state index contributed by atoms with van der Waals surface area (Å²) in [6.45, 7) is 2.35. The number of carbonyl (C=O) groups excluding carboxylic acids is 2. The van der Waals surface area contributed by atoms with E-state index in [0.717, 1.165) is 19.3 Å². The van der Waals surface area contributed by atoms with E-state index < -0.39 is 0 Å². The van der Waals surface area contributed by atoms with E-state index in [9.17, 15) is 9.59 Å². The molecule has 3 fully saturated rings. The first-order valence-electron chi connectivity index (χ1n) is 8.05. The summed E-state index contributed by atoms with van der Waals surface area (Å²) in [6, 6.07) is 0.0778. The van der Waals surface area contributed by atoms with E-state index in [2.05, 4.69) is 0 Å². The average Bonchev–Trinajstić information content (AvgIpc) is 3.02. The van der Waals surface area contributed by atoms with Gasteiger partial charge in [0, 0.05) is 26.8 Å². The van der Waals surface area contributed by atoms with Crippen LogP contribution in [0.3, 0.4) is 0 Å². The van der Waals surface area contributed by atoms with Gasteiger partial charge < -0.3 is 14.4 Å². The summed E-state index contributed by atoms with van der Waals surface area (Å²) in [5.74, 6) is -0.345. The second-order valence-corrected chi connectivity index (χ2v) is 6.16. The van der Waals surface area contributed by atoms with Gasteiger partial charge in [0.05, 0.1) is 24.7 Å². The zero-order chi connectivity index (χ0) is 15.5. The summed E-state index contributed by atoms with van der Waals surface area (Å²) in [5, 5.41) is 1.47. The van der Waals surface area contributed by atoms with Crippen LogP contribution in [0.15, 0.2) is 0 Å². The molecule has 7 nitrogen and oxygen atoms in total. The number of fused-ring (bicyclic) bond motifs is 1. The highest BCUT2D eigenvalue weighted by atomic mass is 16.7. The number of piperidine rings is 1. The Balaban J connectivity index is 1.69. The molecule has 22 heavy (non-hydrogen) atoms. The predicted octanol–water partition coefficient (Wildman–Crippen LogP) is 0.193. The molecule has 2 amide bonds. The Morgan fingerprint density at radius 2 is 2.14 bits per heavy atom. The molecule has 7 heteroatoms. The number of amides is 2. The van der Waals surface area contributed by atoms with E-state index in [1.807, 2.05) is 0 Å². The van der Waals surface area contributed by atoms with Crippen LogP contribution in [0, 0.1) is 5.92 Å². The molecule has 0 bridgehead atoms. The molecule has 3 rings (SSSR count). The molecule has 0 aliphatic carbocycles. The van der Waals surface area contributed by atoms with Crippen LogP contribution in [0.25, 0.3) is 0 Å². The number of hydrogen-bond donors (Lipinski definition) is 0. The van der Waals surface area contributed by atoms with Gasteiger partial charge in [0.15, 0.2) is 0 Å². The van der Waals surface area contributed by atoms with Crippen molar-refractivity contribution in [3.63, 3.8) is 0 Å². The zero-order valence-electron chi connectivity index (χ0n) is 13.0. The Bertz CT molecular complexity index is 424. The monoisotopic (exact) mass is 312 g/mol. The van der Waals surface area contributed by atoms with Crippen molar-refractivity contribution in [3.8, 4) is 0 Å². The van der Waals surface area contributed by atoms with Gasteiger partial charge in [0.1, 0.15) is 6.61 Å². The van der Waals surface area contributed by atoms with Crippen LogP contribution < -0.4 is 0 Å². The maximum Gasteiger partial charge on any atom is 0.251 e. The highest BCUT2D eigenvalue weighted by Crippen LogP contribution is 2.32. The Morgan fingerprint density at radius 1 is 1.27 bits per heavy atom. The third-order valence-electron chi connectivity index (χ3n) is 4.69. The standard InChI is InChI=1S/C15H24N2O5/c1-20-10-14(18)16-9-11(8-13-12(16)4-7-21-13)15(19)17-5-2-3-6-22-17/h11-13H,2-10H2,1H3/t11-,12+,13+/m1/s1. The van der Waals surface area contributed by atoms with Crippen LogP contribution in [-0.2, 0) is 23.9 Å². The number of hydroxylamine groups is 2. The summed E-state index contributed by atoms with van der Waals surface area (Å²) in [4.78, 5) is 32.2. The molecule has 0 aromatic heterocycles. The van der Waals surface area contributed by atoms with Crippen LogP contribution in [0.1, 0.15) is 25.7 Å². The van der Waals surface area contributed by atoms with Crippen molar-refractivity contribution in [1.82, 2.24) is 9.96 Å². The average molecular weight is 312 g/mol. The molecule has 0 unspecified atom stereocenters. The van der Waals surface area contributed by atoms with Gasteiger partial charge >= 0.3 is 0 Å². The van der Waals surface area contributed by atoms with Crippen molar-refractivity contribution < 1.29 is 23.9 Å². The lowest BCUT2D eigenvalue weighted by Gasteiger charge is -2.41. The highest BCUT2D eigenvalue weighted by Gasteiger charge is 2.45. The van der Waals surface area contributed by atoms with Gasteiger partial charge in [-0.05, 0) is 25.7 Å². The van der Waals surface area contributed by atoms with Crippen LogP contribution in [0.5, 0.6) is 0 Å². The molecule has 3 aliphatic rings. The third kappa shape index (κ3) is 3.11. The quantitative estimate of drug-likeness (QED) is 0.744. The molecule has 3 atom stereocenters. The number of hydrogen-bond acceptors (Lipinski definition) is 5. The van der Waals surface area contributed by atoms with Crippen molar-refractivity contribution in [1.29, 1.82) is 0 Å². The molecule has 0 spiro atoms. The summed E-state index contributed by atoms with van der Waals surface area (Å²) < 4.78 is 10.7. The van der Waals surface area contributed by atoms with Crippen molar-refractivity contribution in [3.05, 3.63) is 0 Å². The van der Waals surface area contributed by atoms with Gasteiger partial charge in [-0.1, -0.05) is 0 Å². The SMILES string of the molecule is COCC(=O)N1C[C@H](C(=O)N2CCCCO2)C[C@@H]2OCC[C@@H]21. The maximum atomic E-state index is 12.6. The van der Waals surface area contributed by atoms with E-state index >= 15 is 0 Å². The molecule has 0 aromatic carbocycles. The van der Waals surface area contributed by atoms with Crippen LogP contribution in [0.4, 0.5) is 0 Å². The first-order chi connectivity index (χ1) is 10.7. The summed E-state index contributed by atoms with van der Waals surface area (Å²) >= 11 is 0.